The topological polar surface area (TPSA) is 49.3 Å². The highest BCUT2D eigenvalue weighted by Gasteiger charge is 2.45. The van der Waals surface area contributed by atoms with E-state index in [1.165, 1.54) is 0 Å². The summed E-state index contributed by atoms with van der Waals surface area (Å²) in [6.45, 7) is 0. The van der Waals surface area contributed by atoms with Gasteiger partial charge in [-0.25, -0.2) is 0 Å². The molecular formula is C12H13NO2S. The molecule has 0 radical (unpaired) electrons. The van der Waals surface area contributed by atoms with Gasteiger partial charge in [0.1, 0.15) is 5.75 Å². The molecule has 1 aliphatic carbocycles. The molecule has 0 saturated heterocycles. The van der Waals surface area contributed by atoms with Crippen LogP contribution in [-0.4, -0.2) is 16.8 Å². The van der Waals surface area contributed by atoms with Crippen molar-refractivity contribution in [3.8, 4) is 5.75 Å². The Balaban J connectivity index is 1.96. The standard InChI is InChI=1S/C12H13NO2S/c14-8-2-3-9-10(6-8)16-7-12(4-1-5-12)11(15)13-9/h2-3,6,14H,1,4-5,7H2,(H,13,15). The predicted octanol–water partition coefficient (Wildman–Crippen LogP) is 2.61. The first-order valence-electron chi connectivity index (χ1n) is 5.47. The average Bonchev–Trinajstić information content (AvgIpc) is 2.33. The van der Waals surface area contributed by atoms with Crippen LogP contribution in [0.15, 0.2) is 23.1 Å². The Morgan fingerprint density at radius 2 is 2.19 bits per heavy atom. The van der Waals surface area contributed by atoms with Gasteiger partial charge in [0, 0.05) is 10.6 Å². The van der Waals surface area contributed by atoms with Gasteiger partial charge < -0.3 is 10.4 Å². The number of amides is 1. The number of carbonyl (C=O) groups excluding carboxylic acids is 1. The first-order chi connectivity index (χ1) is 7.70. The summed E-state index contributed by atoms with van der Waals surface area (Å²) in [5.41, 5.74) is 0.677. The molecule has 1 amide bonds. The van der Waals surface area contributed by atoms with Crippen molar-refractivity contribution in [2.24, 2.45) is 5.41 Å². The van der Waals surface area contributed by atoms with Gasteiger partial charge in [-0.05, 0) is 31.0 Å². The fourth-order valence-corrected chi connectivity index (χ4v) is 3.58. The smallest absolute Gasteiger partial charge is 0.231 e. The minimum atomic E-state index is -0.153. The third-order valence-electron chi connectivity index (χ3n) is 3.51. The van der Waals surface area contributed by atoms with E-state index in [0.29, 0.717) is 0 Å². The monoisotopic (exact) mass is 235 g/mol. The maximum Gasteiger partial charge on any atom is 0.231 e. The molecule has 0 atom stereocenters. The number of phenolic OH excluding ortho intramolecular Hbond substituents is 1. The lowest BCUT2D eigenvalue weighted by atomic mass is 9.69. The number of anilines is 1. The molecule has 3 nitrogen and oxygen atoms in total. The summed E-state index contributed by atoms with van der Waals surface area (Å²) in [7, 11) is 0. The molecule has 3 rings (SSSR count). The average molecular weight is 235 g/mol. The van der Waals surface area contributed by atoms with E-state index in [4.69, 9.17) is 0 Å². The van der Waals surface area contributed by atoms with Crippen LogP contribution < -0.4 is 5.32 Å². The Labute approximate surface area is 98.2 Å². The lowest BCUT2D eigenvalue weighted by Crippen LogP contribution is -2.43. The number of benzene rings is 1. The van der Waals surface area contributed by atoms with Crippen LogP contribution in [0.2, 0.25) is 0 Å². The molecule has 0 unspecified atom stereocenters. The molecule has 0 aromatic heterocycles. The number of thioether (sulfide) groups is 1. The fourth-order valence-electron chi connectivity index (χ4n) is 2.25. The van der Waals surface area contributed by atoms with Crippen molar-refractivity contribution in [1.82, 2.24) is 0 Å². The number of hydrogen-bond donors (Lipinski definition) is 2. The first kappa shape index (κ1) is 10.0. The third-order valence-corrected chi connectivity index (χ3v) is 4.86. The van der Waals surface area contributed by atoms with Crippen molar-refractivity contribution in [2.75, 3.05) is 11.1 Å². The van der Waals surface area contributed by atoms with Gasteiger partial charge in [0.15, 0.2) is 0 Å². The number of phenols is 1. The highest BCUT2D eigenvalue weighted by atomic mass is 32.2. The number of rotatable bonds is 0. The summed E-state index contributed by atoms with van der Waals surface area (Å²) >= 11 is 1.67. The van der Waals surface area contributed by atoms with Crippen molar-refractivity contribution >= 4 is 23.4 Å². The zero-order chi connectivity index (χ0) is 11.2. The highest BCUT2D eigenvalue weighted by Crippen LogP contribution is 2.49. The Bertz CT molecular complexity index is 454. The van der Waals surface area contributed by atoms with Crippen molar-refractivity contribution in [3.05, 3.63) is 18.2 Å². The van der Waals surface area contributed by atoms with Crippen LogP contribution in [0.4, 0.5) is 5.69 Å². The zero-order valence-electron chi connectivity index (χ0n) is 8.82. The number of carbonyl (C=O) groups is 1. The Morgan fingerprint density at radius 3 is 2.88 bits per heavy atom. The molecule has 2 N–H and O–H groups in total. The van der Waals surface area contributed by atoms with Gasteiger partial charge in [0.2, 0.25) is 5.91 Å². The summed E-state index contributed by atoms with van der Waals surface area (Å²) in [6.07, 6.45) is 3.13. The summed E-state index contributed by atoms with van der Waals surface area (Å²) in [4.78, 5) is 13.0. The molecule has 2 aliphatic rings. The molecule has 0 bridgehead atoms. The van der Waals surface area contributed by atoms with Crippen LogP contribution >= 0.6 is 11.8 Å². The second-order valence-electron chi connectivity index (χ2n) is 4.56. The lowest BCUT2D eigenvalue weighted by molar-refractivity contribution is -0.128. The minimum Gasteiger partial charge on any atom is -0.508 e. The molecule has 84 valence electrons. The van der Waals surface area contributed by atoms with E-state index in [2.05, 4.69) is 5.32 Å². The van der Waals surface area contributed by atoms with E-state index in [1.807, 2.05) is 0 Å². The fraction of sp³-hybridized carbons (Fsp3) is 0.417. The van der Waals surface area contributed by atoms with E-state index in [0.717, 1.165) is 35.6 Å². The van der Waals surface area contributed by atoms with Crippen LogP contribution in [0, 0.1) is 5.41 Å². The minimum absolute atomic E-state index is 0.149. The Hall–Kier alpha value is -1.16. The second-order valence-corrected chi connectivity index (χ2v) is 5.57. The molecule has 1 heterocycles. The molecular weight excluding hydrogens is 222 g/mol. The normalized spacial score (nSPS) is 21.9. The lowest BCUT2D eigenvalue weighted by Gasteiger charge is -2.38. The predicted molar refractivity (Wildman–Crippen MR) is 63.7 cm³/mol. The SMILES string of the molecule is O=C1Nc2ccc(O)cc2SCC12CCC2. The van der Waals surface area contributed by atoms with Crippen LogP contribution in [0.1, 0.15) is 19.3 Å². The van der Waals surface area contributed by atoms with Gasteiger partial charge in [-0.15, -0.1) is 11.8 Å². The van der Waals surface area contributed by atoms with E-state index in [-0.39, 0.29) is 17.1 Å². The first-order valence-corrected chi connectivity index (χ1v) is 6.45. The van der Waals surface area contributed by atoms with Gasteiger partial charge in [-0.1, -0.05) is 6.42 Å². The quantitative estimate of drug-likeness (QED) is 0.680. The number of aromatic hydroxyl groups is 1. The van der Waals surface area contributed by atoms with Crippen molar-refractivity contribution in [3.63, 3.8) is 0 Å². The molecule has 1 fully saturated rings. The summed E-state index contributed by atoms with van der Waals surface area (Å²) in [5, 5.41) is 12.4. The molecule has 1 aliphatic heterocycles. The Morgan fingerprint density at radius 1 is 1.38 bits per heavy atom. The van der Waals surface area contributed by atoms with Gasteiger partial charge in [0.05, 0.1) is 11.1 Å². The molecule has 4 heteroatoms. The molecule has 1 spiro atoms. The summed E-state index contributed by atoms with van der Waals surface area (Å²) < 4.78 is 0. The summed E-state index contributed by atoms with van der Waals surface area (Å²) in [6, 6.07) is 5.10. The molecule has 16 heavy (non-hydrogen) atoms. The van der Waals surface area contributed by atoms with Crippen molar-refractivity contribution in [2.45, 2.75) is 24.2 Å². The zero-order valence-corrected chi connectivity index (χ0v) is 9.64. The van der Waals surface area contributed by atoms with Crippen LogP contribution in [0.25, 0.3) is 0 Å². The van der Waals surface area contributed by atoms with E-state index >= 15 is 0 Å². The molecule has 1 aromatic rings. The third kappa shape index (κ3) is 1.40. The highest BCUT2D eigenvalue weighted by molar-refractivity contribution is 7.99. The van der Waals surface area contributed by atoms with Gasteiger partial charge in [-0.3, -0.25) is 4.79 Å². The van der Waals surface area contributed by atoms with Crippen LogP contribution in [-0.2, 0) is 4.79 Å². The number of nitrogens with one attached hydrogen (secondary N) is 1. The van der Waals surface area contributed by atoms with Crippen molar-refractivity contribution < 1.29 is 9.90 Å². The van der Waals surface area contributed by atoms with Gasteiger partial charge in [0.25, 0.3) is 0 Å². The van der Waals surface area contributed by atoms with E-state index < -0.39 is 0 Å². The van der Waals surface area contributed by atoms with Gasteiger partial charge in [-0.2, -0.15) is 0 Å². The number of fused-ring (bicyclic) bond motifs is 1. The second kappa shape index (κ2) is 3.42. The van der Waals surface area contributed by atoms with E-state index in [1.54, 1.807) is 30.0 Å². The van der Waals surface area contributed by atoms with Crippen LogP contribution in [0.3, 0.4) is 0 Å². The molecule has 1 saturated carbocycles. The largest absolute Gasteiger partial charge is 0.508 e. The van der Waals surface area contributed by atoms with E-state index in [9.17, 15) is 9.90 Å². The van der Waals surface area contributed by atoms with Crippen molar-refractivity contribution in [1.29, 1.82) is 0 Å². The number of hydrogen-bond acceptors (Lipinski definition) is 3. The Kier molecular flexibility index (Phi) is 2.14. The maximum atomic E-state index is 12.1. The van der Waals surface area contributed by atoms with Crippen LogP contribution in [0.5, 0.6) is 5.75 Å². The summed E-state index contributed by atoms with van der Waals surface area (Å²) in [5.74, 6) is 1.23. The van der Waals surface area contributed by atoms with Gasteiger partial charge >= 0.3 is 0 Å². The molecule has 1 aromatic carbocycles. The maximum absolute atomic E-state index is 12.1.